The van der Waals surface area contributed by atoms with Gasteiger partial charge in [0.1, 0.15) is 0 Å². The monoisotopic (exact) mass is 256 g/mol. The van der Waals surface area contributed by atoms with E-state index >= 15 is 0 Å². The van der Waals surface area contributed by atoms with E-state index in [0.717, 1.165) is 24.9 Å². The van der Waals surface area contributed by atoms with E-state index in [0.29, 0.717) is 12.5 Å². The van der Waals surface area contributed by atoms with E-state index in [1.807, 2.05) is 16.7 Å². The summed E-state index contributed by atoms with van der Waals surface area (Å²) in [5, 5.41) is 4.08. The first-order valence-electron chi connectivity index (χ1n) is 6.96. The molecule has 2 aliphatic heterocycles. The fraction of sp³-hybridized carbons (Fsp3) is 0.923. The molecule has 2 rings (SSSR count). The molecule has 17 heavy (non-hydrogen) atoms. The number of rotatable bonds is 4. The normalized spacial score (nSPS) is 25.9. The van der Waals surface area contributed by atoms with Gasteiger partial charge in [0.25, 0.3) is 0 Å². The second-order valence-electron chi connectivity index (χ2n) is 5.06. The van der Waals surface area contributed by atoms with Crippen LogP contribution in [0.15, 0.2) is 0 Å². The fourth-order valence-corrected chi connectivity index (χ4v) is 3.81. The third-order valence-corrected chi connectivity index (χ3v) is 5.03. The van der Waals surface area contributed by atoms with Crippen LogP contribution in [0.25, 0.3) is 0 Å². The van der Waals surface area contributed by atoms with Crippen molar-refractivity contribution in [2.45, 2.75) is 43.8 Å². The van der Waals surface area contributed by atoms with Crippen molar-refractivity contribution in [1.29, 1.82) is 0 Å². The third kappa shape index (κ3) is 4.51. The van der Waals surface area contributed by atoms with Gasteiger partial charge in [-0.1, -0.05) is 12.8 Å². The van der Waals surface area contributed by atoms with Crippen LogP contribution in [-0.4, -0.2) is 48.0 Å². The lowest BCUT2D eigenvalue weighted by Crippen LogP contribution is -2.40. The molecule has 0 bridgehead atoms. The van der Waals surface area contributed by atoms with Crippen molar-refractivity contribution < 1.29 is 4.79 Å². The van der Waals surface area contributed by atoms with E-state index in [2.05, 4.69) is 5.32 Å². The summed E-state index contributed by atoms with van der Waals surface area (Å²) in [6, 6.07) is 0. The molecule has 0 aromatic heterocycles. The summed E-state index contributed by atoms with van der Waals surface area (Å²) in [5.74, 6) is 1.60. The quantitative estimate of drug-likeness (QED) is 0.833. The predicted octanol–water partition coefficient (Wildman–Crippen LogP) is 1.87. The molecule has 2 heterocycles. The Kier molecular flexibility index (Phi) is 5.65. The maximum Gasteiger partial charge on any atom is 0.236 e. The molecular weight excluding hydrogens is 232 g/mol. The molecule has 1 amide bonds. The van der Waals surface area contributed by atoms with Crippen LogP contribution < -0.4 is 5.32 Å². The zero-order valence-electron chi connectivity index (χ0n) is 10.6. The number of hydrogen-bond donors (Lipinski definition) is 1. The van der Waals surface area contributed by atoms with Crippen LogP contribution in [0, 0.1) is 0 Å². The highest BCUT2D eigenvalue weighted by Gasteiger charge is 2.17. The Bertz CT molecular complexity index is 234. The summed E-state index contributed by atoms with van der Waals surface area (Å²) < 4.78 is 0. The highest BCUT2D eigenvalue weighted by atomic mass is 32.2. The summed E-state index contributed by atoms with van der Waals surface area (Å²) in [4.78, 5) is 14.0. The van der Waals surface area contributed by atoms with Gasteiger partial charge < -0.3 is 10.2 Å². The number of likely N-dealkylation sites (tertiary alicyclic amines) is 1. The van der Waals surface area contributed by atoms with Crippen LogP contribution >= 0.6 is 11.8 Å². The van der Waals surface area contributed by atoms with Gasteiger partial charge in [0.2, 0.25) is 5.91 Å². The number of carbonyl (C=O) groups excluding carboxylic acids is 1. The van der Waals surface area contributed by atoms with E-state index in [1.165, 1.54) is 44.3 Å². The molecule has 1 unspecified atom stereocenters. The lowest BCUT2D eigenvalue weighted by molar-refractivity contribution is -0.130. The van der Waals surface area contributed by atoms with Gasteiger partial charge in [-0.05, 0) is 31.4 Å². The van der Waals surface area contributed by atoms with E-state index in [4.69, 9.17) is 0 Å². The van der Waals surface area contributed by atoms with Crippen LogP contribution in [0.5, 0.6) is 0 Å². The highest BCUT2D eigenvalue weighted by Crippen LogP contribution is 2.25. The topological polar surface area (TPSA) is 32.3 Å². The number of amides is 1. The Morgan fingerprint density at radius 1 is 1.18 bits per heavy atom. The molecule has 2 saturated heterocycles. The van der Waals surface area contributed by atoms with E-state index < -0.39 is 0 Å². The minimum Gasteiger partial charge on any atom is -0.342 e. The average molecular weight is 256 g/mol. The molecule has 0 spiro atoms. The molecule has 2 aliphatic rings. The lowest BCUT2D eigenvalue weighted by atomic mass is 10.2. The van der Waals surface area contributed by atoms with Gasteiger partial charge in [0.05, 0.1) is 6.54 Å². The molecule has 4 heteroatoms. The molecule has 0 aromatic carbocycles. The smallest absolute Gasteiger partial charge is 0.236 e. The van der Waals surface area contributed by atoms with Gasteiger partial charge in [0.15, 0.2) is 0 Å². The molecule has 1 N–H and O–H groups in total. The van der Waals surface area contributed by atoms with Gasteiger partial charge in [0, 0.05) is 24.9 Å². The van der Waals surface area contributed by atoms with Gasteiger partial charge in [-0.3, -0.25) is 4.79 Å². The van der Waals surface area contributed by atoms with Crippen molar-refractivity contribution in [1.82, 2.24) is 10.2 Å². The standard InChI is InChI=1S/C13H24N2OS/c16-13(15-7-3-1-2-4-8-15)11-14-10-12-6-5-9-17-12/h12,14H,1-11H2. The van der Waals surface area contributed by atoms with Crippen molar-refractivity contribution in [3.63, 3.8) is 0 Å². The zero-order valence-corrected chi connectivity index (χ0v) is 11.4. The summed E-state index contributed by atoms with van der Waals surface area (Å²) in [6.07, 6.45) is 7.60. The van der Waals surface area contributed by atoms with Crippen LogP contribution in [0.3, 0.4) is 0 Å². The van der Waals surface area contributed by atoms with Gasteiger partial charge in [-0.15, -0.1) is 0 Å². The molecule has 3 nitrogen and oxygen atoms in total. The van der Waals surface area contributed by atoms with Crippen molar-refractivity contribution in [2.75, 3.05) is 31.9 Å². The fourth-order valence-electron chi connectivity index (χ4n) is 2.58. The molecule has 98 valence electrons. The van der Waals surface area contributed by atoms with E-state index in [-0.39, 0.29) is 0 Å². The van der Waals surface area contributed by atoms with Crippen LogP contribution in [0.2, 0.25) is 0 Å². The molecule has 0 aliphatic carbocycles. The highest BCUT2D eigenvalue weighted by molar-refractivity contribution is 8.00. The largest absolute Gasteiger partial charge is 0.342 e. The average Bonchev–Trinajstić information content (AvgIpc) is 2.69. The molecule has 0 aromatic rings. The second-order valence-corrected chi connectivity index (χ2v) is 6.47. The van der Waals surface area contributed by atoms with Crippen molar-refractivity contribution in [2.24, 2.45) is 0 Å². The predicted molar refractivity (Wildman–Crippen MR) is 73.4 cm³/mol. The van der Waals surface area contributed by atoms with Gasteiger partial charge >= 0.3 is 0 Å². The minimum absolute atomic E-state index is 0.301. The van der Waals surface area contributed by atoms with Crippen LogP contribution in [0.1, 0.15) is 38.5 Å². The number of nitrogens with zero attached hydrogens (tertiary/aromatic N) is 1. The van der Waals surface area contributed by atoms with Gasteiger partial charge in [-0.2, -0.15) is 11.8 Å². The second kappa shape index (κ2) is 7.27. The zero-order chi connectivity index (χ0) is 11.9. The van der Waals surface area contributed by atoms with Crippen LogP contribution in [-0.2, 0) is 4.79 Å². The molecule has 0 radical (unpaired) electrons. The molecular formula is C13H24N2OS. The van der Waals surface area contributed by atoms with Crippen molar-refractivity contribution in [3.8, 4) is 0 Å². The molecule has 2 fully saturated rings. The number of nitrogens with one attached hydrogen (secondary N) is 1. The third-order valence-electron chi connectivity index (χ3n) is 3.63. The summed E-state index contributed by atoms with van der Waals surface area (Å²) in [5.41, 5.74) is 0. The van der Waals surface area contributed by atoms with Crippen molar-refractivity contribution >= 4 is 17.7 Å². The van der Waals surface area contributed by atoms with Gasteiger partial charge in [-0.25, -0.2) is 0 Å². The summed E-state index contributed by atoms with van der Waals surface area (Å²) in [7, 11) is 0. The number of carbonyl (C=O) groups is 1. The first-order valence-corrected chi connectivity index (χ1v) is 8.01. The Hall–Kier alpha value is -0.220. The number of hydrogen-bond acceptors (Lipinski definition) is 3. The molecule has 1 atom stereocenters. The Labute approximate surface area is 109 Å². The number of thioether (sulfide) groups is 1. The Morgan fingerprint density at radius 3 is 2.59 bits per heavy atom. The van der Waals surface area contributed by atoms with E-state index in [9.17, 15) is 4.79 Å². The SMILES string of the molecule is O=C(CNCC1CCCS1)N1CCCCCC1. The Balaban J connectivity index is 1.61. The first kappa shape index (κ1) is 13.2. The first-order chi connectivity index (χ1) is 8.36. The maximum atomic E-state index is 12.0. The summed E-state index contributed by atoms with van der Waals surface area (Å²) >= 11 is 2.05. The molecule has 0 saturated carbocycles. The van der Waals surface area contributed by atoms with Crippen molar-refractivity contribution in [3.05, 3.63) is 0 Å². The maximum absolute atomic E-state index is 12.0. The van der Waals surface area contributed by atoms with Crippen LogP contribution in [0.4, 0.5) is 0 Å². The van der Waals surface area contributed by atoms with E-state index in [1.54, 1.807) is 0 Å². The summed E-state index contributed by atoms with van der Waals surface area (Å²) in [6.45, 7) is 3.48. The lowest BCUT2D eigenvalue weighted by Gasteiger charge is -2.21. The Morgan fingerprint density at radius 2 is 1.94 bits per heavy atom. The minimum atomic E-state index is 0.301.